The lowest BCUT2D eigenvalue weighted by molar-refractivity contribution is -0.155. The molecule has 0 saturated heterocycles. The number of hydrogen-bond acceptors (Lipinski definition) is 4. The third-order valence-electron chi connectivity index (χ3n) is 3.27. The van der Waals surface area contributed by atoms with Crippen LogP contribution in [0.5, 0.6) is 0 Å². The summed E-state index contributed by atoms with van der Waals surface area (Å²) < 4.78 is 26.1. The summed E-state index contributed by atoms with van der Waals surface area (Å²) >= 11 is 0. The zero-order valence-electron chi connectivity index (χ0n) is 12.0. The first-order chi connectivity index (χ1) is 10.2. The average molecular weight is 323 g/mol. The Hall–Kier alpha value is -1.96. The summed E-state index contributed by atoms with van der Waals surface area (Å²) in [6.07, 6.45) is 0. The Morgan fingerprint density at radius 3 is 2.45 bits per heavy atom. The second-order valence-corrected chi connectivity index (χ2v) is 7.15. The highest BCUT2D eigenvalue weighted by molar-refractivity contribution is 7.88. The van der Waals surface area contributed by atoms with Gasteiger partial charge in [0.2, 0.25) is 10.0 Å². The first-order valence-electron chi connectivity index (χ1n) is 6.60. The molecule has 0 aliphatic heterocycles. The van der Waals surface area contributed by atoms with E-state index in [1.165, 1.54) is 0 Å². The average Bonchev–Trinajstić information content (AvgIpc) is 2.45. The zero-order valence-corrected chi connectivity index (χ0v) is 12.8. The first kappa shape index (κ1) is 16.4. The number of sulfonamides is 1. The molecule has 0 aromatic heterocycles. The summed E-state index contributed by atoms with van der Waals surface area (Å²) in [6, 6.07) is 12.9. The molecule has 22 heavy (non-hydrogen) atoms. The van der Waals surface area contributed by atoms with Gasteiger partial charge in [-0.1, -0.05) is 42.5 Å². The molecule has 2 aromatic rings. The number of carboxylic acid groups (broad SMARTS) is 1. The number of carboxylic acids is 1. The van der Waals surface area contributed by atoms with Gasteiger partial charge in [-0.25, -0.2) is 17.9 Å². The van der Waals surface area contributed by atoms with Gasteiger partial charge in [-0.3, -0.25) is 0 Å². The van der Waals surface area contributed by atoms with E-state index in [4.69, 9.17) is 5.11 Å². The third-order valence-corrected chi connectivity index (χ3v) is 4.57. The number of carbonyl (C=O) groups is 1. The van der Waals surface area contributed by atoms with Crippen LogP contribution in [0.2, 0.25) is 0 Å². The van der Waals surface area contributed by atoms with Crippen molar-refractivity contribution < 1.29 is 23.4 Å². The molecular weight excluding hydrogens is 306 g/mol. The minimum atomic E-state index is -3.74. The van der Waals surface area contributed by atoms with Crippen LogP contribution < -0.4 is 4.72 Å². The monoisotopic (exact) mass is 323 g/mol. The van der Waals surface area contributed by atoms with Crippen LogP contribution in [0.3, 0.4) is 0 Å². The van der Waals surface area contributed by atoms with Crippen LogP contribution in [0.4, 0.5) is 0 Å². The van der Waals surface area contributed by atoms with Crippen LogP contribution >= 0.6 is 0 Å². The summed E-state index contributed by atoms with van der Waals surface area (Å²) in [5.41, 5.74) is -1.56. The summed E-state index contributed by atoms with van der Waals surface area (Å²) in [6.45, 7) is 0.451. The molecule has 0 saturated carbocycles. The molecule has 0 bridgehead atoms. The summed E-state index contributed by atoms with van der Waals surface area (Å²) in [4.78, 5) is 10.8. The highest BCUT2D eigenvalue weighted by atomic mass is 32.2. The Bertz CT molecular complexity index is 798. The second kappa shape index (κ2) is 6.04. The van der Waals surface area contributed by atoms with Gasteiger partial charge >= 0.3 is 5.97 Å². The SMILES string of the molecule is CC(O)(CNS(=O)(=O)Cc1ccc2ccccc2c1)C(=O)O. The quantitative estimate of drug-likeness (QED) is 0.738. The molecule has 0 fully saturated rings. The van der Waals surface area contributed by atoms with Crippen LogP contribution in [0.25, 0.3) is 10.8 Å². The normalized spacial score (nSPS) is 14.6. The maximum Gasteiger partial charge on any atom is 0.336 e. The fraction of sp³-hybridized carbons (Fsp3) is 0.267. The van der Waals surface area contributed by atoms with Crippen molar-refractivity contribution in [1.82, 2.24) is 4.72 Å². The first-order valence-corrected chi connectivity index (χ1v) is 8.26. The van der Waals surface area contributed by atoms with E-state index in [1.54, 1.807) is 12.1 Å². The van der Waals surface area contributed by atoms with Crippen molar-refractivity contribution in [2.24, 2.45) is 0 Å². The van der Waals surface area contributed by atoms with Crippen molar-refractivity contribution in [3.63, 3.8) is 0 Å². The van der Waals surface area contributed by atoms with Gasteiger partial charge in [-0.15, -0.1) is 0 Å². The molecule has 1 unspecified atom stereocenters. The lowest BCUT2D eigenvalue weighted by atomic mass is 10.1. The largest absolute Gasteiger partial charge is 0.479 e. The molecule has 6 nitrogen and oxygen atoms in total. The van der Waals surface area contributed by atoms with Crippen molar-refractivity contribution in [3.05, 3.63) is 48.0 Å². The molecule has 0 heterocycles. The topological polar surface area (TPSA) is 104 Å². The number of fused-ring (bicyclic) bond motifs is 1. The maximum atomic E-state index is 12.0. The van der Waals surface area contributed by atoms with Crippen LogP contribution in [0.15, 0.2) is 42.5 Å². The number of rotatable bonds is 6. The summed E-state index contributed by atoms with van der Waals surface area (Å²) in [5.74, 6) is -1.77. The Balaban J connectivity index is 2.12. The minimum Gasteiger partial charge on any atom is -0.479 e. The van der Waals surface area contributed by atoms with Gasteiger partial charge in [0.25, 0.3) is 0 Å². The Morgan fingerprint density at radius 2 is 1.82 bits per heavy atom. The molecule has 0 radical (unpaired) electrons. The van der Waals surface area contributed by atoms with Gasteiger partial charge in [0.15, 0.2) is 5.60 Å². The highest BCUT2D eigenvalue weighted by Crippen LogP contribution is 2.17. The molecule has 0 spiro atoms. The van der Waals surface area contributed by atoms with Gasteiger partial charge < -0.3 is 10.2 Å². The number of aliphatic carboxylic acids is 1. The van der Waals surface area contributed by atoms with E-state index in [0.29, 0.717) is 5.56 Å². The van der Waals surface area contributed by atoms with Crippen LogP contribution in [-0.2, 0) is 20.6 Å². The molecule has 118 valence electrons. The molecule has 3 N–H and O–H groups in total. The van der Waals surface area contributed by atoms with E-state index in [9.17, 15) is 18.3 Å². The standard InChI is InChI=1S/C15H17NO5S/c1-15(19,14(17)18)10-16-22(20,21)9-11-6-7-12-4-2-3-5-13(12)8-11/h2-8,16,19H,9-10H2,1H3,(H,17,18). The van der Waals surface area contributed by atoms with Gasteiger partial charge in [0, 0.05) is 6.54 Å². The maximum absolute atomic E-state index is 12.0. The summed E-state index contributed by atoms with van der Waals surface area (Å²) in [5, 5.41) is 20.2. The van der Waals surface area contributed by atoms with E-state index >= 15 is 0 Å². The van der Waals surface area contributed by atoms with Crippen molar-refractivity contribution in [3.8, 4) is 0 Å². The molecule has 0 aliphatic rings. The molecule has 2 aromatic carbocycles. The van der Waals surface area contributed by atoms with Gasteiger partial charge in [0.05, 0.1) is 5.75 Å². The lowest BCUT2D eigenvalue weighted by Gasteiger charge is -2.18. The van der Waals surface area contributed by atoms with Crippen LogP contribution in [-0.4, -0.2) is 36.7 Å². The molecule has 0 amide bonds. The Morgan fingerprint density at radius 1 is 1.18 bits per heavy atom. The number of nitrogens with one attached hydrogen (secondary N) is 1. The smallest absolute Gasteiger partial charge is 0.336 e. The predicted octanol–water partition coefficient (Wildman–Crippen LogP) is 1.09. The van der Waals surface area contributed by atoms with Crippen LogP contribution in [0, 0.1) is 0 Å². The number of hydrogen-bond donors (Lipinski definition) is 3. The van der Waals surface area contributed by atoms with E-state index in [2.05, 4.69) is 4.72 Å². The molecule has 7 heteroatoms. The van der Waals surface area contributed by atoms with Gasteiger partial charge in [-0.05, 0) is 23.3 Å². The summed E-state index contributed by atoms with van der Waals surface area (Å²) in [7, 11) is -3.74. The van der Waals surface area contributed by atoms with E-state index < -0.39 is 28.1 Å². The van der Waals surface area contributed by atoms with E-state index in [1.807, 2.05) is 30.3 Å². The highest BCUT2D eigenvalue weighted by Gasteiger charge is 2.31. The fourth-order valence-electron chi connectivity index (χ4n) is 1.93. The van der Waals surface area contributed by atoms with Crippen molar-refractivity contribution in [2.75, 3.05) is 6.54 Å². The zero-order chi connectivity index (χ0) is 16.4. The van der Waals surface area contributed by atoms with Gasteiger partial charge in [-0.2, -0.15) is 0 Å². The predicted molar refractivity (Wildman–Crippen MR) is 82.8 cm³/mol. The van der Waals surface area contributed by atoms with Gasteiger partial charge in [0.1, 0.15) is 0 Å². The third kappa shape index (κ3) is 4.03. The molecular formula is C15H17NO5S. The van der Waals surface area contributed by atoms with E-state index in [0.717, 1.165) is 17.7 Å². The van der Waals surface area contributed by atoms with Crippen molar-refractivity contribution in [2.45, 2.75) is 18.3 Å². The Labute approximate surface area is 128 Å². The molecule has 1 atom stereocenters. The molecule has 2 rings (SSSR count). The number of benzene rings is 2. The fourth-order valence-corrected chi connectivity index (χ4v) is 3.15. The lowest BCUT2D eigenvalue weighted by Crippen LogP contribution is -2.46. The van der Waals surface area contributed by atoms with Crippen molar-refractivity contribution in [1.29, 1.82) is 0 Å². The molecule has 0 aliphatic carbocycles. The number of aliphatic hydroxyl groups is 1. The second-order valence-electron chi connectivity index (χ2n) is 5.34. The van der Waals surface area contributed by atoms with Crippen molar-refractivity contribution >= 4 is 26.8 Å². The minimum absolute atomic E-state index is 0.284. The Kier molecular flexibility index (Phi) is 4.50. The van der Waals surface area contributed by atoms with Crippen LogP contribution in [0.1, 0.15) is 12.5 Å². The van der Waals surface area contributed by atoms with E-state index in [-0.39, 0.29) is 5.75 Å².